The highest BCUT2D eigenvalue weighted by Crippen LogP contribution is 2.36. The number of aromatic nitrogens is 2. The summed E-state index contributed by atoms with van der Waals surface area (Å²) in [5, 5.41) is 14.9. The van der Waals surface area contributed by atoms with Crippen LogP contribution >= 0.6 is 0 Å². The SMILES string of the molecule is COc1ccc(-c2c[nH]cc(C(=O)Nc3ccc4c(c3)NC(=O)C4=Cc3[nH]c(C)c(C(=O)O)c3C)c2=O)cc1. The molecule has 4 aromatic rings. The predicted octanol–water partition coefficient (Wildman–Crippen LogP) is 4.44. The number of rotatable bonds is 6. The number of carbonyl (C=O) groups excluding carboxylic acids is 2. The number of carbonyl (C=O) groups is 3. The summed E-state index contributed by atoms with van der Waals surface area (Å²) in [5.41, 5.74) is 3.99. The molecule has 0 radical (unpaired) electrons. The lowest BCUT2D eigenvalue weighted by Crippen LogP contribution is -2.22. The van der Waals surface area contributed by atoms with Crippen molar-refractivity contribution in [3.05, 3.63) is 98.7 Å². The van der Waals surface area contributed by atoms with Crippen LogP contribution in [-0.4, -0.2) is 40.0 Å². The highest BCUT2D eigenvalue weighted by molar-refractivity contribution is 6.35. The number of fused-ring (bicyclic) bond motifs is 1. The number of hydrogen-bond donors (Lipinski definition) is 5. The molecule has 2 amide bonds. The maximum Gasteiger partial charge on any atom is 0.337 e. The number of pyridine rings is 1. The number of methoxy groups -OCH3 is 1. The van der Waals surface area contributed by atoms with Crippen molar-refractivity contribution < 1.29 is 24.2 Å². The molecule has 196 valence electrons. The quantitative estimate of drug-likeness (QED) is 0.235. The van der Waals surface area contributed by atoms with Gasteiger partial charge in [0.05, 0.1) is 23.9 Å². The average Bonchev–Trinajstić information content (AvgIpc) is 3.37. The van der Waals surface area contributed by atoms with Crippen molar-refractivity contribution in [3.63, 3.8) is 0 Å². The Balaban J connectivity index is 1.41. The number of aromatic carboxylic acids is 1. The zero-order chi connectivity index (χ0) is 27.8. The Morgan fingerprint density at radius 1 is 1.00 bits per heavy atom. The van der Waals surface area contributed by atoms with Crippen LogP contribution < -0.4 is 20.8 Å². The standard InChI is InChI=1S/C29H24N4O6/c1-14-23(31-15(2)25(14)29(37)38)11-20-19-9-6-17(10-24(19)33-27(20)35)32-28(36)22-13-30-12-21(26(22)34)16-4-7-18(39-3)8-5-16/h4-13,31H,1-3H3,(H,30,34)(H,32,36)(H,33,35)(H,37,38). The Hall–Kier alpha value is -5.38. The van der Waals surface area contributed by atoms with Gasteiger partial charge in [-0.3, -0.25) is 14.4 Å². The first-order valence-corrected chi connectivity index (χ1v) is 11.9. The van der Waals surface area contributed by atoms with Crippen LogP contribution in [0.25, 0.3) is 22.8 Å². The Morgan fingerprint density at radius 3 is 2.41 bits per heavy atom. The highest BCUT2D eigenvalue weighted by Gasteiger charge is 2.26. The minimum Gasteiger partial charge on any atom is -0.497 e. The monoisotopic (exact) mass is 524 g/mol. The molecule has 2 aromatic heterocycles. The van der Waals surface area contributed by atoms with Crippen molar-refractivity contribution >= 4 is 40.8 Å². The molecule has 2 aromatic carbocycles. The summed E-state index contributed by atoms with van der Waals surface area (Å²) in [4.78, 5) is 56.3. The molecule has 0 fully saturated rings. The first kappa shape index (κ1) is 25.3. The lowest BCUT2D eigenvalue weighted by molar-refractivity contribution is -0.110. The van der Waals surface area contributed by atoms with Crippen LogP contribution in [0.4, 0.5) is 11.4 Å². The number of nitrogens with one attached hydrogen (secondary N) is 4. The smallest absolute Gasteiger partial charge is 0.337 e. The molecule has 5 rings (SSSR count). The van der Waals surface area contributed by atoms with Crippen LogP contribution in [0.5, 0.6) is 5.75 Å². The molecule has 3 heterocycles. The Morgan fingerprint density at radius 2 is 1.74 bits per heavy atom. The molecule has 0 spiro atoms. The van der Waals surface area contributed by atoms with E-state index >= 15 is 0 Å². The molecule has 5 N–H and O–H groups in total. The molecule has 1 aliphatic heterocycles. The summed E-state index contributed by atoms with van der Waals surface area (Å²) < 4.78 is 5.15. The summed E-state index contributed by atoms with van der Waals surface area (Å²) in [6.07, 6.45) is 4.48. The average molecular weight is 525 g/mol. The predicted molar refractivity (Wildman–Crippen MR) is 147 cm³/mol. The molecular weight excluding hydrogens is 500 g/mol. The summed E-state index contributed by atoms with van der Waals surface area (Å²) in [6.45, 7) is 3.34. The number of anilines is 2. The molecular formula is C29H24N4O6. The van der Waals surface area contributed by atoms with E-state index in [1.807, 2.05) is 0 Å². The van der Waals surface area contributed by atoms with Crippen LogP contribution in [0, 0.1) is 13.8 Å². The van der Waals surface area contributed by atoms with Gasteiger partial charge < -0.3 is 30.4 Å². The number of carboxylic acid groups (broad SMARTS) is 1. The second-order valence-electron chi connectivity index (χ2n) is 9.04. The summed E-state index contributed by atoms with van der Waals surface area (Å²) in [5.74, 6) is -1.36. The zero-order valence-electron chi connectivity index (χ0n) is 21.3. The fourth-order valence-electron chi connectivity index (χ4n) is 4.64. The third-order valence-corrected chi connectivity index (χ3v) is 6.63. The first-order valence-electron chi connectivity index (χ1n) is 11.9. The largest absolute Gasteiger partial charge is 0.497 e. The first-order chi connectivity index (χ1) is 18.7. The molecule has 0 bridgehead atoms. The van der Waals surface area contributed by atoms with Crippen molar-refractivity contribution in [2.45, 2.75) is 13.8 Å². The third kappa shape index (κ3) is 4.59. The summed E-state index contributed by atoms with van der Waals surface area (Å²) in [7, 11) is 1.55. The lowest BCUT2D eigenvalue weighted by Gasteiger charge is -2.09. The maximum atomic E-state index is 13.1. The maximum absolute atomic E-state index is 13.1. The van der Waals surface area contributed by atoms with Crippen molar-refractivity contribution in [2.24, 2.45) is 0 Å². The Kier molecular flexibility index (Phi) is 6.37. The minimum absolute atomic E-state index is 0.0692. The van der Waals surface area contributed by atoms with Gasteiger partial charge in [0.1, 0.15) is 11.3 Å². The normalized spacial score (nSPS) is 13.2. The second-order valence-corrected chi connectivity index (χ2v) is 9.04. The zero-order valence-corrected chi connectivity index (χ0v) is 21.3. The van der Waals surface area contributed by atoms with Gasteiger partial charge in [-0.15, -0.1) is 0 Å². The summed E-state index contributed by atoms with van der Waals surface area (Å²) in [6, 6.07) is 11.8. The second kappa shape index (κ2) is 9.82. The van der Waals surface area contributed by atoms with Crippen LogP contribution in [0.15, 0.2) is 59.7 Å². The Labute approximate surface area is 222 Å². The molecule has 39 heavy (non-hydrogen) atoms. The van der Waals surface area contributed by atoms with E-state index in [0.29, 0.717) is 56.3 Å². The van der Waals surface area contributed by atoms with Gasteiger partial charge >= 0.3 is 5.97 Å². The van der Waals surface area contributed by atoms with E-state index in [-0.39, 0.29) is 17.0 Å². The topological polar surface area (TPSA) is 153 Å². The van der Waals surface area contributed by atoms with Gasteiger partial charge in [0.2, 0.25) is 5.43 Å². The van der Waals surface area contributed by atoms with Crippen molar-refractivity contribution in [1.29, 1.82) is 0 Å². The molecule has 0 saturated carbocycles. The van der Waals surface area contributed by atoms with E-state index in [0.717, 1.165) is 0 Å². The number of aromatic amines is 2. The lowest BCUT2D eigenvalue weighted by atomic mass is 10.0. The van der Waals surface area contributed by atoms with E-state index in [1.165, 1.54) is 12.4 Å². The van der Waals surface area contributed by atoms with E-state index < -0.39 is 17.3 Å². The minimum atomic E-state index is -1.05. The molecule has 0 atom stereocenters. The van der Waals surface area contributed by atoms with Crippen LogP contribution in [0.2, 0.25) is 0 Å². The van der Waals surface area contributed by atoms with E-state index in [1.54, 1.807) is 69.5 Å². The van der Waals surface area contributed by atoms with Gasteiger partial charge in [-0.1, -0.05) is 18.2 Å². The molecule has 10 nitrogen and oxygen atoms in total. The number of H-pyrrole nitrogens is 2. The van der Waals surface area contributed by atoms with Crippen molar-refractivity contribution in [2.75, 3.05) is 17.7 Å². The molecule has 0 saturated heterocycles. The van der Waals surface area contributed by atoms with E-state index in [4.69, 9.17) is 4.74 Å². The third-order valence-electron chi connectivity index (χ3n) is 6.63. The van der Waals surface area contributed by atoms with E-state index in [2.05, 4.69) is 20.6 Å². The van der Waals surface area contributed by atoms with Crippen molar-refractivity contribution in [3.8, 4) is 16.9 Å². The van der Waals surface area contributed by atoms with Crippen LogP contribution in [-0.2, 0) is 4.79 Å². The fraction of sp³-hybridized carbons (Fsp3) is 0.103. The van der Waals surface area contributed by atoms with Crippen LogP contribution in [0.1, 0.15) is 43.2 Å². The molecule has 1 aliphatic rings. The van der Waals surface area contributed by atoms with Gasteiger partial charge in [0.25, 0.3) is 11.8 Å². The molecule has 10 heteroatoms. The number of benzene rings is 2. The molecule has 0 aliphatic carbocycles. The van der Waals surface area contributed by atoms with Gasteiger partial charge in [-0.2, -0.15) is 0 Å². The number of aryl methyl sites for hydroxylation is 1. The number of carboxylic acids is 1. The van der Waals surface area contributed by atoms with Crippen LogP contribution in [0.3, 0.4) is 0 Å². The van der Waals surface area contributed by atoms with Gasteiger partial charge in [0.15, 0.2) is 0 Å². The van der Waals surface area contributed by atoms with Gasteiger partial charge in [-0.25, -0.2) is 4.79 Å². The van der Waals surface area contributed by atoms with Gasteiger partial charge in [-0.05, 0) is 55.3 Å². The summed E-state index contributed by atoms with van der Waals surface area (Å²) >= 11 is 0. The molecule has 0 unspecified atom stereocenters. The number of ether oxygens (including phenoxy) is 1. The Bertz CT molecular complexity index is 1740. The van der Waals surface area contributed by atoms with Gasteiger partial charge in [0, 0.05) is 40.6 Å². The highest BCUT2D eigenvalue weighted by atomic mass is 16.5. The van der Waals surface area contributed by atoms with Crippen molar-refractivity contribution in [1.82, 2.24) is 9.97 Å². The van der Waals surface area contributed by atoms with E-state index in [9.17, 15) is 24.3 Å². The number of hydrogen-bond acceptors (Lipinski definition) is 5. The number of amides is 2. The fourth-order valence-corrected chi connectivity index (χ4v) is 4.64.